The van der Waals surface area contributed by atoms with E-state index in [4.69, 9.17) is 0 Å². The van der Waals surface area contributed by atoms with Gasteiger partial charge in [0.1, 0.15) is 7.14 Å². The Hall–Kier alpha value is 0.360. The van der Waals surface area contributed by atoms with Gasteiger partial charge in [-0.1, -0.05) is 50.7 Å². The summed E-state index contributed by atoms with van der Waals surface area (Å²) < 4.78 is 46.8. The maximum atomic E-state index is 14.3. The summed E-state index contributed by atoms with van der Waals surface area (Å²) in [4.78, 5) is -0.133. The third-order valence-electron chi connectivity index (χ3n) is 5.75. The second kappa shape index (κ2) is 9.03. The molecule has 0 heterocycles. The van der Waals surface area contributed by atoms with Gasteiger partial charge in [0.15, 0.2) is 0 Å². The van der Waals surface area contributed by atoms with Gasteiger partial charge in [0.2, 0.25) is 0 Å². The molecule has 2 aliphatic carbocycles. The van der Waals surface area contributed by atoms with E-state index < -0.39 is 17.3 Å². The molecule has 2 saturated carbocycles. The van der Waals surface area contributed by atoms with Gasteiger partial charge >= 0.3 is 29.6 Å². The van der Waals surface area contributed by atoms with Crippen LogP contribution in [0.2, 0.25) is 0 Å². The molecular weight excluding hydrogens is 366 g/mol. The van der Waals surface area contributed by atoms with E-state index in [1.54, 1.807) is 6.07 Å². The van der Waals surface area contributed by atoms with Crippen LogP contribution in [0.1, 0.15) is 64.2 Å². The maximum absolute atomic E-state index is 14.3. The first-order valence-corrected chi connectivity index (χ1v) is 12.4. The van der Waals surface area contributed by atoms with Crippen molar-refractivity contribution < 1.29 is 17.5 Å². The molecular formula is C18H28NaO4PS. The summed E-state index contributed by atoms with van der Waals surface area (Å²) in [5, 5.41) is 0.663. The van der Waals surface area contributed by atoms with E-state index in [1.807, 2.05) is 6.07 Å². The van der Waals surface area contributed by atoms with Crippen LogP contribution in [0.4, 0.5) is 0 Å². The van der Waals surface area contributed by atoms with Crippen LogP contribution in [-0.2, 0) is 14.7 Å². The van der Waals surface area contributed by atoms with Crippen molar-refractivity contribution in [1.82, 2.24) is 0 Å². The van der Waals surface area contributed by atoms with Gasteiger partial charge in [-0.2, -0.15) is 8.42 Å². The van der Waals surface area contributed by atoms with Crippen molar-refractivity contribution in [3.05, 3.63) is 24.3 Å². The summed E-state index contributed by atoms with van der Waals surface area (Å²) in [5.41, 5.74) is 0.344. The first kappa shape index (κ1) is 21.7. The number of rotatable bonds is 4. The quantitative estimate of drug-likeness (QED) is 0.477. The first-order chi connectivity index (χ1) is 11.4. The molecule has 25 heavy (non-hydrogen) atoms. The van der Waals surface area contributed by atoms with Crippen LogP contribution < -0.4 is 5.30 Å². The van der Waals surface area contributed by atoms with Crippen LogP contribution in [0.3, 0.4) is 0 Å². The number of hydrogen-bond acceptors (Lipinski definition) is 3. The second-order valence-electron chi connectivity index (χ2n) is 7.27. The summed E-state index contributed by atoms with van der Waals surface area (Å²) in [6.45, 7) is 0. The summed E-state index contributed by atoms with van der Waals surface area (Å²) in [6, 6.07) is 6.29. The van der Waals surface area contributed by atoms with E-state index in [0.29, 0.717) is 5.30 Å². The number of benzene rings is 1. The number of hydrogen-bond donors (Lipinski definition) is 1. The molecule has 2 aliphatic rings. The van der Waals surface area contributed by atoms with Crippen LogP contribution >= 0.6 is 7.14 Å². The zero-order valence-electron chi connectivity index (χ0n) is 14.1. The molecule has 0 bridgehead atoms. The van der Waals surface area contributed by atoms with Crippen LogP contribution in [0, 0.1) is 0 Å². The average molecular weight is 394 g/mol. The molecule has 0 aromatic heterocycles. The summed E-state index contributed by atoms with van der Waals surface area (Å²) in [7, 11) is -6.96. The molecule has 1 N–H and O–H groups in total. The minimum atomic E-state index is -4.27. The van der Waals surface area contributed by atoms with Gasteiger partial charge in [0, 0.05) is 16.6 Å². The average Bonchev–Trinajstić information content (AvgIpc) is 2.62. The summed E-state index contributed by atoms with van der Waals surface area (Å²) in [5.74, 6) is 0. The Morgan fingerprint density at radius 2 is 1.36 bits per heavy atom. The topological polar surface area (TPSA) is 71.4 Å². The Bertz CT molecular complexity index is 700. The standard InChI is InChI=1S/C18H27O4PS.Na.H/c19-23(15-8-3-1-4-9-15,16-10-5-2-6-11-16)17-12-7-13-18(14-17)24(20,21)22;;/h7,12-16H,1-6,8-11H2,(H,20,21,22);;. The van der Waals surface area contributed by atoms with Crippen LogP contribution in [-0.4, -0.2) is 53.8 Å². The van der Waals surface area contributed by atoms with E-state index in [1.165, 1.54) is 25.0 Å². The molecule has 0 radical (unpaired) electrons. The molecule has 1 aromatic rings. The molecule has 7 heteroatoms. The summed E-state index contributed by atoms with van der Waals surface area (Å²) in [6.07, 6.45) is 10.7. The van der Waals surface area contributed by atoms with Crippen molar-refractivity contribution in [2.24, 2.45) is 0 Å². The summed E-state index contributed by atoms with van der Waals surface area (Å²) >= 11 is 0. The Labute approximate surface area is 173 Å². The molecule has 0 spiro atoms. The van der Waals surface area contributed by atoms with E-state index >= 15 is 0 Å². The van der Waals surface area contributed by atoms with Gasteiger partial charge in [0.05, 0.1) is 4.90 Å². The fourth-order valence-electron chi connectivity index (χ4n) is 4.51. The fraction of sp³-hybridized carbons (Fsp3) is 0.667. The van der Waals surface area contributed by atoms with Crippen molar-refractivity contribution >= 4 is 52.1 Å². The van der Waals surface area contributed by atoms with E-state index in [9.17, 15) is 17.5 Å². The van der Waals surface area contributed by atoms with Crippen molar-refractivity contribution in [1.29, 1.82) is 0 Å². The van der Waals surface area contributed by atoms with Crippen molar-refractivity contribution in [2.75, 3.05) is 0 Å². The predicted octanol–water partition coefficient (Wildman–Crippen LogP) is 3.94. The molecule has 0 atom stereocenters. The second-order valence-corrected chi connectivity index (χ2v) is 12.1. The Balaban J connectivity index is 0.00000225. The minimum absolute atomic E-state index is 0. The molecule has 2 fully saturated rings. The molecule has 0 aliphatic heterocycles. The van der Waals surface area contributed by atoms with E-state index in [-0.39, 0.29) is 45.8 Å². The van der Waals surface area contributed by atoms with Gasteiger partial charge < -0.3 is 4.57 Å². The van der Waals surface area contributed by atoms with Gasteiger partial charge in [-0.05, 0) is 37.8 Å². The third kappa shape index (κ3) is 4.80. The van der Waals surface area contributed by atoms with Gasteiger partial charge in [-0.15, -0.1) is 0 Å². The van der Waals surface area contributed by atoms with Gasteiger partial charge in [0.25, 0.3) is 10.1 Å². The molecule has 4 nitrogen and oxygen atoms in total. The van der Waals surface area contributed by atoms with E-state index in [0.717, 1.165) is 51.4 Å². The molecule has 0 saturated heterocycles. The Morgan fingerprint density at radius 1 is 0.880 bits per heavy atom. The molecule has 0 unspecified atom stereocenters. The first-order valence-electron chi connectivity index (χ1n) is 9.10. The van der Waals surface area contributed by atoms with Crippen LogP contribution in [0.25, 0.3) is 0 Å². The van der Waals surface area contributed by atoms with Crippen LogP contribution in [0.15, 0.2) is 29.2 Å². The van der Waals surface area contributed by atoms with Crippen molar-refractivity contribution in [3.8, 4) is 0 Å². The van der Waals surface area contributed by atoms with Gasteiger partial charge in [-0.3, -0.25) is 4.55 Å². The van der Waals surface area contributed by atoms with Crippen molar-refractivity contribution in [2.45, 2.75) is 80.4 Å². The monoisotopic (exact) mass is 394 g/mol. The normalized spacial score (nSPS) is 20.8. The zero-order valence-corrected chi connectivity index (χ0v) is 15.8. The van der Waals surface area contributed by atoms with E-state index in [2.05, 4.69) is 0 Å². The molecule has 1 aromatic carbocycles. The third-order valence-corrected chi connectivity index (χ3v) is 10.9. The SMILES string of the molecule is O=P(c1cccc(S(=O)(=O)O)c1)(C1CCCCC1)C1CCCCC1.[NaH]. The van der Waals surface area contributed by atoms with Crippen molar-refractivity contribution in [3.63, 3.8) is 0 Å². The Kier molecular flexibility index (Phi) is 7.83. The van der Waals surface area contributed by atoms with Crippen LogP contribution in [0.5, 0.6) is 0 Å². The molecule has 3 rings (SSSR count). The molecule has 136 valence electrons. The van der Waals surface area contributed by atoms with Gasteiger partial charge in [-0.25, -0.2) is 0 Å². The fourth-order valence-corrected chi connectivity index (χ4v) is 9.49. The predicted molar refractivity (Wildman–Crippen MR) is 104 cm³/mol. The molecule has 0 amide bonds. The zero-order chi connectivity index (χ0) is 17.2. The Morgan fingerprint density at radius 3 is 1.80 bits per heavy atom.